The molecule has 1 saturated carbocycles. The van der Waals surface area contributed by atoms with E-state index < -0.39 is 36.3 Å². The van der Waals surface area contributed by atoms with E-state index in [0.717, 1.165) is 16.7 Å². The molecule has 0 radical (unpaired) electrons. The predicted octanol–water partition coefficient (Wildman–Crippen LogP) is 4.88. The maximum atomic E-state index is 11.6. The van der Waals surface area contributed by atoms with Crippen LogP contribution in [0.5, 0.6) is 0 Å². The summed E-state index contributed by atoms with van der Waals surface area (Å²) in [6.07, 6.45) is -3.01. The lowest BCUT2D eigenvalue weighted by Crippen LogP contribution is -2.68. The molecule has 0 unspecified atom stereocenters. The van der Waals surface area contributed by atoms with E-state index in [1.54, 1.807) is 0 Å². The Morgan fingerprint density at radius 3 is 1.59 bits per heavy atom. The summed E-state index contributed by atoms with van der Waals surface area (Å²) in [5, 5.41) is 11.6. The van der Waals surface area contributed by atoms with Crippen LogP contribution in [0.25, 0.3) is 0 Å². The van der Waals surface area contributed by atoms with Crippen LogP contribution in [0, 0.1) is 5.92 Å². The number of benzene rings is 3. The van der Waals surface area contributed by atoms with E-state index in [4.69, 9.17) is 23.7 Å². The zero-order valence-corrected chi connectivity index (χ0v) is 21.4. The van der Waals surface area contributed by atoms with Gasteiger partial charge in [-0.1, -0.05) is 91.0 Å². The fourth-order valence-electron chi connectivity index (χ4n) is 5.16. The van der Waals surface area contributed by atoms with E-state index in [1.807, 2.05) is 105 Å². The standard InChI is InChI=1S/C31H36O6/c1-31(2)36-21-25-27(37-31)26(32)29(34-19-23-14-8-4-9-15-23)30(35-20-24-16-10-5-11-17-24)28(25)33-18-22-12-6-3-7-13-22/h3-17,25-30,32H,18-21H2,1-2H3/t25-,26-,27+,28+,29-,30-/m0/s1. The first-order valence-corrected chi connectivity index (χ1v) is 13.0. The van der Waals surface area contributed by atoms with Crippen LogP contribution in [0.4, 0.5) is 0 Å². The second-order valence-corrected chi connectivity index (χ2v) is 10.2. The second kappa shape index (κ2) is 11.9. The number of aliphatic hydroxyl groups is 1. The van der Waals surface area contributed by atoms with Crippen molar-refractivity contribution >= 4 is 0 Å². The van der Waals surface area contributed by atoms with Crippen molar-refractivity contribution in [1.29, 1.82) is 0 Å². The van der Waals surface area contributed by atoms with Crippen LogP contribution in [0.2, 0.25) is 0 Å². The molecule has 1 N–H and O–H groups in total. The van der Waals surface area contributed by atoms with Crippen LogP contribution < -0.4 is 0 Å². The lowest BCUT2D eigenvalue weighted by molar-refractivity contribution is -0.355. The topological polar surface area (TPSA) is 66.4 Å². The minimum atomic E-state index is -0.908. The first-order valence-electron chi connectivity index (χ1n) is 13.0. The van der Waals surface area contributed by atoms with Gasteiger partial charge in [0.1, 0.15) is 18.3 Å². The van der Waals surface area contributed by atoms with Crippen molar-refractivity contribution in [1.82, 2.24) is 0 Å². The Hall–Kier alpha value is -2.58. The molecule has 2 aliphatic rings. The third-order valence-corrected chi connectivity index (χ3v) is 7.06. The van der Waals surface area contributed by atoms with Crippen molar-refractivity contribution in [2.45, 2.75) is 70.0 Å². The van der Waals surface area contributed by atoms with Crippen LogP contribution in [0.3, 0.4) is 0 Å². The highest BCUT2D eigenvalue weighted by Gasteiger charge is 2.56. The van der Waals surface area contributed by atoms with Crippen LogP contribution >= 0.6 is 0 Å². The Labute approximate surface area is 219 Å². The number of hydrogen-bond donors (Lipinski definition) is 1. The van der Waals surface area contributed by atoms with Crippen molar-refractivity contribution in [3.63, 3.8) is 0 Å². The lowest BCUT2D eigenvalue weighted by atomic mass is 9.77. The Kier molecular flexibility index (Phi) is 8.35. The van der Waals surface area contributed by atoms with Gasteiger partial charge in [0.2, 0.25) is 0 Å². The Bertz CT molecular complexity index is 1090. The zero-order valence-electron chi connectivity index (χ0n) is 21.4. The molecule has 1 saturated heterocycles. The fraction of sp³-hybridized carbons (Fsp3) is 0.419. The van der Waals surface area contributed by atoms with E-state index >= 15 is 0 Å². The lowest BCUT2D eigenvalue weighted by Gasteiger charge is -2.53. The molecule has 6 heteroatoms. The largest absolute Gasteiger partial charge is 0.388 e. The molecule has 196 valence electrons. The van der Waals surface area contributed by atoms with E-state index in [2.05, 4.69) is 0 Å². The van der Waals surface area contributed by atoms with Gasteiger partial charge in [-0.05, 0) is 30.5 Å². The van der Waals surface area contributed by atoms with Gasteiger partial charge in [-0.15, -0.1) is 0 Å². The van der Waals surface area contributed by atoms with Crippen molar-refractivity contribution in [2.75, 3.05) is 6.61 Å². The maximum Gasteiger partial charge on any atom is 0.163 e. The number of aliphatic hydroxyl groups excluding tert-OH is 1. The third kappa shape index (κ3) is 6.47. The molecule has 5 rings (SSSR count). The Balaban J connectivity index is 1.43. The van der Waals surface area contributed by atoms with Crippen molar-refractivity contribution in [3.8, 4) is 0 Å². The van der Waals surface area contributed by atoms with Crippen molar-refractivity contribution < 1.29 is 28.8 Å². The average Bonchev–Trinajstić information content (AvgIpc) is 2.92. The molecule has 37 heavy (non-hydrogen) atoms. The quantitative estimate of drug-likeness (QED) is 0.448. The summed E-state index contributed by atoms with van der Waals surface area (Å²) in [5.41, 5.74) is 3.13. The molecular weight excluding hydrogens is 468 g/mol. The summed E-state index contributed by atoms with van der Waals surface area (Å²) < 4.78 is 31.8. The van der Waals surface area contributed by atoms with Gasteiger partial charge in [0.05, 0.1) is 38.6 Å². The van der Waals surface area contributed by atoms with Gasteiger partial charge in [-0.2, -0.15) is 0 Å². The summed E-state index contributed by atoms with van der Waals surface area (Å²) in [5.74, 6) is -1.03. The molecule has 1 heterocycles. The van der Waals surface area contributed by atoms with Crippen LogP contribution in [0.15, 0.2) is 91.0 Å². The normalized spacial score (nSPS) is 28.9. The first kappa shape index (κ1) is 26.0. The molecule has 0 spiro atoms. The van der Waals surface area contributed by atoms with Gasteiger partial charge in [0, 0.05) is 5.92 Å². The molecule has 0 amide bonds. The SMILES string of the molecule is CC1(C)OC[C@@H]2[C@@H](OCc3ccccc3)[C@H](OCc3ccccc3)[C@@H](OCc3ccccc3)[C@@H](O)[C@@H]2O1. The van der Waals surface area contributed by atoms with Gasteiger partial charge >= 0.3 is 0 Å². The number of rotatable bonds is 9. The number of fused-ring (bicyclic) bond motifs is 1. The molecule has 6 atom stereocenters. The maximum absolute atomic E-state index is 11.6. The van der Waals surface area contributed by atoms with Gasteiger partial charge < -0.3 is 28.8 Å². The summed E-state index contributed by atoms with van der Waals surface area (Å²) in [7, 11) is 0. The summed E-state index contributed by atoms with van der Waals surface area (Å²) in [6.45, 7) is 5.26. The minimum Gasteiger partial charge on any atom is -0.388 e. The van der Waals surface area contributed by atoms with Crippen LogP contribution in [-0.2, 0) is 43.5 Å². The molecule has 3 aromatic rings. The molecule has 2 fully saturated rings. The fourth-order valence-corrected chi connectivity index (χ4v) is 5.16. The van der Waals surface area contributed by atoms with E-state index in [0.29, 0.717) is 26.4 Å². The van der Waals surface area contributed by atoms with E-state index in [1.165, 1.54) is 0 Å². The van der Waals surface area contributed by atoms with Crippen molar-refractivity contribution in [2.24, 2.45) is 5.92 Å². The van der Waals surface area contributed by atoms with E-state index in [9.17, 15) is 5.11 Å². The van der Waals surface area contributed by atoms with Crippen LogP contribution in [0.1, 0.15) is 30.5 Å². The molecule has 3 aromatic carbocycles. The molecule has 0 bridgehead atoms. The van der Waals surface area contributed by atoms with Crippen molar-refractivity contribution in [3.05, 3.63) is 108 Å². The van der Waals surface area contributed by atoms with Gasteiger partial charge in [-0.3, -0.25) is 0 Å². The second-order valence-electron chi connectivity index (χ2n) is 10.2. The van der Waals surface area contributed by atoms with Crippen LogP contribution in [-0.4, -0.2) is 48.0 Å². The molecule has 0 aromatic heterocycles. The molecular formula is C31H36O6. The molecule has 1 aliphatic carbocycles. The summed E-state index contributed by atoms with van der Waals surface area (Å²) in [6, 6.07) is 30.0. The molecule has 6 nitrogen and oxygen atoms in total. The average molecular weight is 505 g/mol. The van der Waals surface area contributed by atoms with E-state index in [-0.39, 0.29) is 5.92 Å². The monoisotopic (exact) mass is 504 g/mol. The predicted molar refractivity (Wildman–Crippen MR) is 139 cm³/mol. The Morgan fingerprint density at radius 2 is 1.11 bits per heavy atom. The van der Waals surface area contributed by atoms with Gasteiger partial charge in [0.15, 0.2) is 5.79 Å². The van der Waals surface area contributed by atoms with Gasteiger partial charge in [0.25, 0.3) is 0 Å². The number of hydrogen-bond acceptors (Lipinski definition) is 6. The highest BCUT2D eigenvalue weighted by molar-refractivity contribution is 5.16. The minimum absolute atomic E-state index is 0.218. The Morgan fingerprint density at radius 1 is 0.676 bits per heavy atom. The highest BCUT2D eigenvalue weighted by Crippen LogP contribution is 2.40. The number of ether oxygens (including phenoxy) is 5. The smallest absolute Gasteiger partial charge is 0.163 e. The highest BCUT2D eigenvalue weighted by atomic mass is 16.7. The third-order valence-electron chi connectivity index (χ3n) is 7.06. The molecule has 1 aliphatic heterocycles. The summed E-state index contributed by atoms with van der Waals surface area (Å²) in [4.78, 5) is 0. The first-order chi connectivity index (χ1) is 18.0. The van der Waals surface area contributed by atoms with Gasteiger partial charge in [-0.25, -0.2) is 0 Å². The zero-order chi connectivity index (χ0) is 25.7. The summed E-state index contributed by atoms with van der Waals surface area (Å²) >= 11 is 0.